The number of aliphatic hydroxyl groups is 1. The Hall–Kier alpha value is -1.59. The zero-order valence-electron chi connectivity index (χ0n) is 12.9. The summed E-state index contributed by atoms with van der Waals surface area (Å²) in [5, 5.41) is 13.6. The van der Waals surface area contributed by atoms with Gasteiger partial charge in [0.05, 0.1) is 22.2 Å². The Morgan fingerprint density at radius 1 is 1.35 bits per heavy atom. The van der Waals surface area contributed by atoms with Crippen molar-refractivity contribution in [1.29, 1.82) is 0 Å². The second-order valence-electron chi connectivity index (χ2n) is 6.51. The highest BCUT2D eigenvalue weighted by atomic mass is 35.5. The molecule has 0 bridgehead atoms. The number of hydrogen-bond donors (Lipinski definition) is 2. The van der Waals surface area contributed by atoms with E-state index in [1.807, 2.05) is 6.07 Å². The maximum atomic E-state index is 12.3. The molecular formula is C17H21ClN2O3. The number of rotatable bonds is 4. The van der Waals surface area contributed by atoms with Crippen LogP contribution < -0.4 is 10.2 Å². The van der Waals surface area contributed by atoms with E-state index in [4.69, 9.17) is 11.6 Å². The van der Waals surface area contributed by atoms with Crippen LogP contribution in [0, 0.1) is 5.92 Å². The Kier molecular flexibility index (Phi) is 4.60. The lowest BCUT2D eigenvalue weighted by atomic mass is 10.0. The van der Waals surface area contributed by atoms with Crippen molar-refractivity contribution in [3.63, 3.8) is 0 Å². The molecule has 1 atom stereocenters. The van der Waals surface area contributed by atoms with E-state index in [9.17, 15) is 14.7 Å². The molecule has 1 aliphatic carbocycles. The second-order valence-corrected chi connectivity index (χ2v) is 6.91. The molecule has 1 saturated carbocycles. The highest BCUT2D eigenvalue weighted by Gasteiger charge is 2.37. The summed E-state index contributed by atoms with van der Waals surface area (Å²) in [6, 6.07) is 7.13. The van der Waals surface area contributed by atoms with Gasteiger partial charge in [-0.25, -0.2) is 0 Å². The molecule has 0 spiro atoms. The smallest absolute Gasteiger partial charge is 0.227 e. The van der Waals surface area contributed by atoms with Gasteiger partial charge in [0.25, 0.3) is 0 Å². The van der Waals surface area contributed by atoms with Gasteiger partial charge in [0, 0.05) is 19.5 Å². The van der Waals surface area contributed by atoms with Gasteiger partial charge in [-0.1, -0.05) is 36.6 Å². The molecule has 0 radical (unpaired) electrons. The van der Waals surface area contributed by atoms with Gasteiger partial charge in [-0.05, 0) is 25.0 Å². The number of nitrogens with one attached hydrogen (secondary N) is 1. The summed E-state index contributed by atoms with van der Waals surface area (Å²) in [4.78, 5) is 26.1. The van der Waals surface area contributed by atoms with E-state index in [0.29, 0.717) is 17.3 Å². The lowest BCUT2D eigenvalue weighted by molar-refractivity contribution is -0.127. The molecule has 3 rings (SSSR count). The molecule has 6 heteroatoms. The number of carbonyl (C=O) groups excluding carboxylic acids is 2. The van der Waals surface area contributed by atoms with Crippen molar-refractivity contribution in [3.8, 4) is 0 Å². The van der Waals surface area contributed by atoms with Crippen LogP contribution >= 0.6 is 11.6 Å². The van der Waals surface area contributed by atoms with Crippen molar-refractivity contribution in [2.75, 3.05) is 18.0 Å². The fraction of sp³-hybridized carbons (Fsp3) is 0.529. The summed E-state index contributed by atoms with van der Waals surface area (Å²) >= 11 is 6.13. The first-order valence-corrected chi connectivity index (χ1v) is 8.41. The molecule has 23 heavy (non-hydrogen) atoms. The molecule has 1 aromatic rings. The predicted molar refractivity (Wildman–Crippen MR) is 88.3 cm³/mol. The monoisotopic (exact) mass is 336 g/mol. The molecule has 2 N–H and O–H groups in total. The van der Waals surface area contributed by atoms with Crippen molar-refractivity contribution in [2.24, 2.45) is 5.92 Å². The van der Waals surface area contributed by atoms with E-state index in [0.717, 1.165) is 25.7 Å². The summed E-state index contributed by atoms with van der Waals surface area (Å²) < 4.78 is 0. The second kappa shape index (κ2) is 6.49. The normalized spacial score (nSPS) is 23.3. The third kappa shape index (κ3) is 3.51. The van der Waals surface area contributed by atoms with E-state index >= 15 is 0 Å². The summed E-state index contributed by atoms with van der Waals surface area (Å²) in [7, 11) is 0. The molecule has 1 saturated heterocycles. The Bertz CT molecular complexity index is 614. The van der Waals surface area contributed by atoms with Crippen molar-refractivity contribution in [1.82, 2.24) is 5.32 Å². The zero-order chi connectivity index (χ0) is 16.4. The fourth-order valence-electron chi connectivity index (χ4n) is 3.39. The van der Waals surface area contributed by atoms with Crippen molar-refractivity contribution < 1.29 is 14.7 Å². The number of benzene rings is 1. The van der Waals surface area contributed by atoms with Gasteiger partial charge in [-0.3, -0.25) is 9.59 Å². The minimum atomic E-state index is -0.777. The molecule has 5 nitrogen and oxygen atoms in total. The summed E-state index contributed by atoms with van der Waals surface area (Å²) in [6.45, 7) is 0.593. The first-order chi connectivity index (χ1) is 11.0. The average molecular weight is 337 g/mol. The molecule has 124 valence electrons. The van der Waals surface area contributed by atoms with Gasteiger partial charge in [0.2, 0.25) is 11.8 Å². The van der Waals surface area contributed by atoms with Gasteiger partial charge in [-0.15, -0.1) is 0 Å². The van der Waals surface area contributed by atoms with Crippen molar-refractivity contribution >= 4 is 29.1 Å². The summed E-state index contributed by atoms with van der Waals surface area (Å²) in [5.41, 5.74) is -0.135. The minimum Gasteiger partial charge on any atom is -0.388 e. The molecule has 1 unspecified atom stereocenters. The number of hydrogen-bond acceptors (Lipinski definition) is 3. The predicted octanol–water partition coefficient (Wildman–Crippen LogP) is 2.11. The van der Waals surface area contributed by atoms with Crippen LogP contribution in [0.5, 0.6) is 0 Å². The van der Waals surface area contributed by atoms with Crippen LogP contribution in [0.3, 0.4) is 0 Å². The fourth-order valence-corrected chi connectivity index (χ4v) is 3.63. The number of nitrogens with zero attached hydrogens (tertiary/aromatic N) is 1. The van der Waals surface area contributed by atoms with Crippen LogP contribution in [0.1, 0.15) is 32.1 Å². The van der Waals surface area contributed by atoms with Crippen LogP contribution in [-0.2, 0) is 9.59 Å². The lowest BCUT2D eigenvalue weighted by Crippen LogP contribution is -2.43. The summed E-state index contributed by atoms with van der Waals surface area (Å²) in [5.74, 6) is -0.671. The number of anilines is 1. The first kappa shape index (κ1) is 16.3. The van der Waals surface area contributed by atoms with Gasteiger partial charge in [0.1, 0.15) is 0 Å². The standard InChI is InChI=1S/C17H21ClN2O3/c18-13-5-1-2-6-14(13)20-10-12(9-15(20)21)16(22)19-11-17(23)7-3-4-8-17/h1-2,5-6,12,23H,3-4,7-11H2,(H,19,22). The number of amides is 2. The third-order valence-electron chi connectivity index (χ3n) is 4.77. The van der Waals surface area contributed by atoms with E-state index in [-0.39, 0.29) is 24.8 Å². The van der Waals surface area contributed by atoms with E-state index in [1.54, 1.807) is 23.1 Å². The topological polar surface area (TPSA) is 69.6 Å². The van der Waals surface area contributed by atoms with Gasteiger partial charge >= 0.3 is 0 Å². The number of para-hydroxylation sites is 1. The maximum absolute atomic E-state index is 12.3. The Morgan fingerprint density at radius 3 is 2.74 bits per heavy atom. The summed E-state index contributed by atoms with van der Waals surface area (Å²) in [6.07, 6.45) is 3.61. The molecule has 1 aromatic carbocycles. The zero-order valence-corrected chi connectivity index (χ0v) is 13.7. The molecule has 1 heterocycles. The molecule has 2 aliphatic rings. The molecule has 2 fully saturated rings. The minimum absolute atomic E-state index is 0.0992. The SMILES string of the molecule is O=C(NCC1(O)CCCC1)C1CC(=O)N(c2ccccc2Cl)C1. The Morgan fingerprint density at radius 2 is 2.04 bits per heavy atom. The average Bonchev–Trinajstić information content (AvgIpc) is 3.12. The van der Waals surface area contributed by atoms with Crippen LogP contribution in [0.4, 0.5) is 5.69 Å². The van der Waals surface area contributed by atoms with Gasteiger partial charge < -0.3 is 15.3 Å². The van der Waals surface area contributed by atoms with Crippen molar-refractivity contribution in [3.05, 3.63) is 29.3 Å². The first-order valence-electron chi connectivity index (χ1n) is 8.03. The number of halogens is 1. The van der Waals surface area contributed by atoms with Crippen LogP contribution in [0.2, 0.25) is 5.02 Å². The highest BCUT2D eigenvalue weighted by Crippen LogP contribution is 2.32. The van der Waals surface area contributed by atoms with Crippen LogP contribution in [0.15, 0.2) is 24.3 Å². The quantitative estimate of drug-likeness (QED) is 0.884. The maximum Gasteiger partial charge on any atom is 0.227 e. The van der Waals surface area contributed by atoms with Crippen LogP contribution in [0.25, 0.3) is 0 Å². The largest absolute Gasteiger partial charge is 0.388 e. The molecule has 2 amide bonds. The third-order valence-corrected chi connectivity index (χ3v) is 5.08. The molecule has 0 aromatic heterocycles. The van der Waals surface area contributed by atoms with Gasteiger partial charge in [-0.2, -0.15) is 0 Å². The number of carbonyl (C=O) groups is 2. The lowest BCUT2D eigenvalue weighted by Gasteiger charge is -2.23. The Balaban J connectivity index is 1.61. The van der Waals surface area contributed by atoms with Crippen molar-refractivity contribution in [2.45, 2.75) is 37.7 Å². The van der Waals surface area contributed by atoms with E-state index in [1.165, 1.54) is 0 Å². The molecular weight excluding hydrogens is 316 g/mol. The van der Waals surface area contributed by atoms with Crippen LogP contribution in [-0.4, -0.2) is 35.6 Å². The highest BCUT2D eigenvalue weighted by molar-refractivity contribution is 6.33. The van der Waals surface area contributed by atoms with E-state index < -0.39 is 11.5 Å². The van der Waals surface area contributed by atoms with E-state index in [2.05, 4.69) is 5.32 Å². The Labute approximate surface area is 140 Å². The molecule has 1 aliphatic heterocycles. The van der Waals surface area contributed by atoms with Gasteiger partial charge in [0.15, 0.2) is 0 Å².